The van der Waals surface area contributed by atoms with Gasteiger partial charge in [-0.1, -0.05) is 0 Å². The fraction of sp³-hybridized carbons (Fsp3) is 0.385. The Kier molecular flexibility index (Phi) is 4.97. The molecule has 0 radical (unpaired) electrons. The third-order valence-corrected chi connectivity index (χ3v) is 2.44. The summed E-state index contributed by atoms with van der Waals surface area (Å²) in [4.78, 5) is 11.3. The van der Waals surface area contributed by atoms with E-state index in [1.165, 1.54) is 6.07 Å². The van der Waals surface area contributed by atoms with E-state index in [1.807, 2.05) is 0 Å². The van der Waals surface area contributed by atoms with Crippen molar-refractivity contribution in [1.29, 1.82) is 5.26 Å². The summed E-state index contributed by atoms with van der Waals surface area (Å²) in [5, 5.41) is 8.84. The molecule has 0 aliphatic carbocycles. The SMILES string of the molecule is CCOC(=O)Cc1cc(C#N)c(C(F)(F)F)c(OC)c1. The third kappa shape index (κ3) is 3.63. The topological polar surface area (TPSA) is 59.3 Å². The monoisotopic (exact) mass is 287 g/mol. The maximum Gasteiger partial charge on any atom is 0.421 e. The highest BCUT2D eigenvalue weighted by Gasteiger charge is 2.37. The minimum absolute atomic E-state index is 0.168. The van der Waals surface area contributed by atoms with Gasteiger partial charge in [0, 0.05) is 0 Å². The number of nitriles is 1. The quantitative estimate of drug-likeness (QED) is 0.799. The lowest BCUT2D eigenvalue weighted by Gasteiger charge is -2.15. The Balaban J connectivity index is 3.27. The summed E-state index contributed by atoms with van der Waals surface area (Å²) in [5.41, 5.74) is -1.50. The fourth-order valence-electron chi connectivity index (χ4n) is 1.69. The minimum atomic E-state index is -4.71. The van der Waals surface area contributed by atoms with Gasteiger partial charge in [-0.25, -0.2) is 0 Å². The van der Waals surface area contributed by atoms with Gasteiger partial charge in [0.2, 0.25) is 0 Å². The van der Waals surface area contributed by atoms with Crippen molar-refractivity contribution in [2.45, 2.75) is 19.5 Å². The molecule has 0 amide bonds. The first kappa shape index (κ1) is 15.8. The molecule has 0 atom stereocenters. The van der Waals surface area contributed by atoms with Crippen molar-refractivity contribution in [2.75, 3.05) is 13.7 Å². The molecule has 0 heterocycles. The van der Waals surface area contributed by atoms with Gasteiger partial charge in [-0.2, -0.15) is 18.4 Å². The highest BCUT2D eigenvalue weighted by atomic mass is 19.4. The average Bonchev–Trinajstić information content (AvgIpc) is 2.36. The number of nitrogens with zero attached hydrogens (tertiary/aromatic N) is 1. The van der Waals surface area contributed by atoms with Gasteiger partial charge in [-0.3, -0.25) is 4.79 Å². The van der Waals surface area contributed by atoms with E-state index in [0.717, 1.165) is 19.2 Å². The molecule has 4 nitrogen and oxygen atoms in total. The van der Waals surface area contributed by atoms with E-state index in [0.29, 0.717) is 0 Å². The Morgan fingerprint density at radius 1 is 1.40 bits per heavy atom. The largest absolute Gasteiger partial charge is 0.496 e. The number of esters is 1. The van der Waals surface area contributed by atoms with Crippen LogP contribution in [-0.2, 0) is 22.1 Å². The van der Waals surface area contributed by atoms with Crippen LogP contribution in [0.15, 0.2) is 12.1 Å². The maximum absolute atomic E-state index is 12.9. The summed E-state index contributed by atoms with van der Waals surface area (Å²) >= 11 is 0. The molecular weight excluding hydrogens is 275 g/mol. The van der Waals surface area contributed by atoms with Gasteiger partial charge in [-0.15, -0.1) is 0 Å². The lowest BCUT2D eigenvalue weighted by atomic mass is 10.0. The van der Waals surface area contributed by atoms with E-state index in [-0.39, 0.29) is 18.6 Å². The van der Waals surface area contributed by atoms with Crippen LogP contribution in [0, 0.1) is 11.3 Å². The number of ether oxygens (including phenoxy) is 2. The van der Waals surface area contributed by atoms with Crippen LogP contribution in [0.5, 0.6) is 5.75 Å². The van der Waals surface area contributed by atoms with Crippen molar-refractivity contribution in [3.05, 3.63) is 28.8 Å². The summed E-state index contributed by atoms with van der Waals surface area (Å²) in [6.45, 7) is 1.79. The molecule has 0 N–H and O–H groups in total. The van der Waals surface area contributed by atoms with Crippen molar-refractivity contribution in [3.63, 3.8) is 0 Å². The van der Waals surface area contributed by atoms with E-state index in [2.05, 4.69) is 4.74 Å². The van der Waals surface area contributed by atoms with Crippen LogP contribution < -0.4 is 4.74 Å². The van der Waals surface area contributed by atoms with Gasteiger partial charge in [0.15, 0.2) is 0 Å². The Morgan fingerprint density at radius 3 is 2.50 bits per heavy atom. The molecule has 0 fully saturated rings. The molecule has 7 heteroatoms. The zero-order chi connectivity index (χ0) is 15.3. The maximum atomic E-state index is 12.9. The van der Waals surface area contributed by atoms with E-state index < -0.39 is 29.0 Å². The van der Waals surface area contributed by atoms with Crippen LogP contribution in [0.2, 0.25) is 0 Å². The zero-order valence-corrected chi connectivity index (χ0v) is 10.9. The number of carbonyl (C=O) groups excluding carboxylic acids is 1. The molecule has 0 bridgehead atoms. The molecule has 20 heavy (non-hydrogen) atoms. The predicted molar refractivity (Wildman–Crippen MR) is 63.0 cm³/mol. The van der Waals surface area contributed by atoms with E-state index in [9.17, 15) is 18.0 Å². The number of benzene rings is 1. The Morgan fingerprint density at radius 2 is 2.05 bits per heavy atom. The normalized spacial score (nSPS) is 10.8. The van der Waals surface area contributed by atoms with Crippen molar-refractivity contribution < 1.29 is 27.4 Å². The number of alkyl halides is 3. The summed E-state index contributed by atoms with van der Waals surface area (Å²) in [5.74, 6) is -1.07. The van der Waals surface area contributed by atoms with E-state index >= 15 is 0 Å². The summed E-state index contributed by atoms with van der Waals surface area (Å²) < 4.78 is 48.0. The number of carbonyl (C=O) groups is 1. The Hall–Kier alpha value is -2.23. The van der Waals surface area contributed by atoms with Crippen LogP contribution in [0.1, 0.15) is 23.6 Å². The first-order chi connectivity index (χ1) is 9.33. The number of hydrogen-bond acceptors (Lipinski definition) is 4. The molecule has 1 rings (SSSR count). The molecule has 1 aromatic rings. The molecule has 0 saturated heterocycles. The Labute approximate surface area is 113 Å². The first-order valence-electron chi connectivity index (χ1n) is 5.67. The second-order valence-electron chi connectivity index (χ2n) is 3.81. The zero-order valence-electron chi connectivity index (χ0n) is 10.9. The number of methoxy groups -OCH3 is 1. The molecule has 108 valence electrons. The van der Waals surface area contributed by atoms with Gasteiger partial charge in [0.1, 0.15) is 11.3 Å². The van der Waals surface area contributed by atoms with Crippen molar-refractivity contribution in [3.8, 4) is 11.8 Å². The highest BCUT2D eigenvalue weighted by Crippen LogP contribution is 2.39. The van der Waals surface area contributed by atoms with E-state index in [1.54, 1.807) is 6.92 Å². The number of rotatable bonds is 4. The Bertz CT molecular complexity index is 547. The summed E-state index contributed by atoms with van der Waals surface area (Å²) in [7, 11) is 1.07. The smallest absolute Gasteiger partial charge is 0.421 e. The number of hydrogen-bond donors (Lipinski definition) is 0. The van der Waals surface area contributed by atoms with Crippen molar-refractivity contribution in [2.24, 2.45) is 0 Å². The molecule has 0 aromatic heterocycles. The lowest BCUT2D eigenvalue weighted by molar-refractivity contribution is -0.142. The van der Waals surface area contributed by atoms with Crippen molar-refractivity contribution >= 4 is 5.97 Å². The van der Waals surface area contributed by atoms with Crippen LogP contribution in [0.25, 0.3) is 0 Å². The van der Waals surface area contributed by atoms with Gasteiger partial charge in [-0.05, 0) is 24.6 Å². The molecule has 0 aliphatic rings. The van der Waals surface area contributed by atoms with Gasteiger partial charge >= 0.3 is 12.1 Å². The van der Waals surface area contributed by atoms with E-state index in [4.69, 9.17) is 10.00 Å². The van der Waals surface area contributed by atoms with Crippen molar-refractivity contribution in [1.82, 2.24) is 0 Å². The van der Waals surface area contributed by atoms with Crippen LogP contribution in [0.3, 0.4) is 0 Å². The van der Waals surface area contributed by atoms with Crippen LogP contribution in [0.4, 0.5) is 13.2 Å². The fourth-order valence-corrected chi connectivity index (χ4v) is 1.69. The third-order valence-electron chi connectivity index (χ3n) is 2.44. The predicted octanol–water partition coefficient (Wildman–Crippen LogP) is 2.69. The second kappa shape index (κ2) is 6.28. The summed E-state index contributed by atoms with van der Waals surface area (Å²) in [6, 6.07) is 3.57. The standard InChI is InChI=1S/C13H12F3NO3/c1-3-20-11(18)6-8-4-9(7-17)12(13(14,15)16)10(5-8)19-2/h4-5H,3,6H2,1-2H3. The lowest BCUT2D eigenvalue weighted by Crippen LogP contribution is -2.13. The summed E-state index contributed by atoms with van der Waals surface area (Å²) in [6.07, 6.45) is -4.93. The van der Waals surface area contributed by atoms with Gasteiger partial charge in [0.05, 0.1) is 31.8 Å². The highest BCUT2D eigenvalue weighted by molar-refractivity contribution is 5.73. The first-order valence-corrected chi connectivity index (χ1v) is 5.67. The van der Waals surface area contributed by atoms with Gasteiger partial charge < -0.3 is 9.47 Å². The molecule has 0 saturated carbocycles. The molecule has 0 aliphatic heterocycles. The molecular formula is C13H12F3NO3. The number of halogens is 3. The average molecular weight is 287 g/mol. The minimum Gasteiger partial charge on any atom is -0.496 e. The second-order valence-corrected chi connectivity index (χ2v) is 3.81. The molecule has 0 unspecified atom stereocenters. The van der Waals surface area contributed by atoms with Crippen LogP contribution >= 0.6 is 0 Å². The van der Waals surface area contributed by atoms with Crippen LogP contribution in [-0.4, -0.2) is 19.7 Å². The molecule has 1 aromatic carbocycles. The van der Waals surface area contributed by atoms with Gasteiger partial charge in [0.25, 0.3) is 0 Å². The molecule has 0 spiro atoms.